The molecule has 0 aliphatic carbocycles. The minimum absolute atomic E-state index is 0.0449. The number of aromatic amines is 1. The smallest absolute Gasteiger partial charge is 0.387 e. The van der Waals surface area contributed by atoms with Crippen molar-refractivity contribution >= 4 is 54.2 Å². The number of anilines is 1. The Hall–Kier alpha value is -1.91. The van der Waals surface area contributed by atoms with Crippen LogP contribution >= 0.6 is 31.2 Å². The summed E-state index contributed by atoms with van der Waals surface area (Å²) in [7, 11) is -5.13. The second kappa shape index (κ2) is 15.8. The van der Waals surface area contributed by atoms with Crippen molar-refractivity contribution in [1.29, 1.82) is 0 Å². The number of phosphoric ester groups is 1. The number of nitrogen functional groups attached to an aromatic ring is 1. The number of hydrogen-bond acceptors (Lipinski definition) is 16. The number of piperidine rings is 1. The van der Waals surface area contributed by atoms with Crippen LogP contribution < -0.4 is 21.9 Å². The number of aromatic nitrogens is 4. The lowest BCUT2D eigenvalue weighted by Gasteiger charge is -2.45. The molecule has 19 nitrogen and oxygen atoms in total. The van der Waals surface area contributed by atoms with E-state index in [1.807, 2.05) is 0 Å². The number of amides is 1. The van der Waals surface area contributed by atoms with Crippen LogP contribution in [0.5, 0.6) is 0 Å². The number of imidazole rings is 1. The first kappa shape index (κ1) is 38.3. The Labute approximate surface area is 289 Å². The van der Waals surface area contributed by atoms with Gasteiger partial charge in [-0.3, -0.25) is 28.2 Å². The van der Waals surface area contributed by atoms with Crippen LogP contribution in [-0.2, 0) is 27.9 Å². The highest BCUT2D eigenvalue weighted by Crippen LogP contribution is 2.48. The van der Waals surface area contributed by atoms with Gasteiger partial charge in [0.15, 0.2) is 17.4 Å². The Morgan fingerprint density at radius 1 is 1.27 bits per heavy atom. The predicted octanol–water partition coefficient (Wildman–Crippen LogP) is -1.48. The molecule has 2 aromatic rings. The zero-order valence-corrected chi connectivity index (χ0v) is 29.3. The standard InChI is InChI=1S/C27H43ClN7O12PS/c1-4-11-5-6-30-12(7-11)23(40)32-14(10(2)28)20-18(38)21(19(39)26(46-20)49-3)47-48(42,43)44-8-13-16(36)17(37)25(45-13)35-9-31-15-22(35)33-27(29)34-24(15)41/h9-14,16-21,25-26,30,36-39H,4-8H2,1-3H3,(H,32,40)(H,42,43)(H3,29,33,34,41). The topological polar surface area (TPSA) is 286 Å². The van der Waals surface area contributed by atoms with Crippen LogP contribution in [-0.4, -0.2) is 136 Å². The number of aliphatic hydroxyl groups is 4. The van der Waals surface area contributed by atoms with Gasteiger partial charge in [-0.2, -0.15) is 4.98 Å². The van der Waals surface area contributed by atoms with Gasteiger partial charge in [0.2, 0.25) is 11.9 Å². The fraction of sp³-hybridized carbons (Fsp3) is 0.778. The van der Waals surface area contributed by atoms with Crippen LogP contribution in [0, 0.1) is 5.92 Å². The molecule has 22 heteroatoms. The molecule has 0 aromatic carbocycles. The largest absolute Gasteiger partial charge is 0.472 e. The number of fused-ring (bicyclic) bond motifs is 1. The predicted molar refractivity (Wildman–Crippen MR) is 175 cm³/mol. The fourth-order valence-electron chi connectivity index (χ4n) is 6.34. The van der Waals surface area contributed by atoms with E-state index in [4.69, 9.17) is 35.9 Å². The van der Waals surface area contributed by atoms with Crippen molar-refractivity contribution in [3.63, 3.8) is 0 Å². The van der Waals surface area contributed by atoms with E-state index in [1.54, 1.807) is 13.2 Å². The number of nitrogens with two attached hydrogens (primary N) is 1. The molecule has 0 radical (unpaired) electrons. The highest BCUT2D eigenvalue weighted by molar-refractivity contribution is 7.99. The molecule has 0 bridgehead atoms. The molecule has 276 valence electrons. The third-order valence-electron chi connectivity index (χ3n) is 9.10. The monoisotopic (exact) mass is 755 g/mol. The highest BCUT2D eigenvalue weighted by atomic mass is 35.5. The molecular weight excluding hydrogens is 713 g/mol. The third-order valence-corrected chi connectivity index (χ3v) is 11.2. The van der Waals surface area contributed by atoms with Crippen LogP contribution in [0.3, 0.4) is 0 Å². The zero-order chi connectivity index (χ0) is 35.8. The quantitative estimate of drug-likeness (QED) is 0.0882. The van der Waals surface area contributed by atoms with Gasteiger partial charge in [-0.1, -0.05) is 13.3 Å². The molecule has 14 unspecified atom stereocenters. The van der Waals surface area contributed by atoms with Crippen LogP contribution in [0.15, 0.2) is 11.1 Å². The van der Waals surface area contributed by atoms with E-state index in [-0.39, 0.29) is 23.0 Å². The maximum Gasteiger partial charge on any atom is 0.472 e. The summed E-state index contributed by atoms with van der Waals surface area (Å²) in [6, 6.07) is -1.49. The van der Waals surface area contributed by atoms with Gasteiger partial charge >= 0.3 is 7.82 Å². The molecular formula is C27H43ClN7O12PS. The van der Waals surface area contributed by atoms with Crippen LogP contribution in [0.1, 0.15) is 39.3 Å². The Morgan fingerprint density at radius 2 is 2.00 bits per heavy atom. The van der Waals surface area contributed by atoms with Crippen LogP contribution in [0.4, 0.5) is 5.95 Å². The van der Waals surface area contributed by atoms with Gasteiger partial charge in [0.05, 0.1) is 30.4 Å². The number of hydrogen-bond donors (Lipinski definition) is 9. The Morgan fingerprint density at radius 3 is 2.67 bits per heavy atom. The van der Waals surface area contributed by atoms with Gasteiger partial charge in [-0.15, -0.1) is 23.4 Å². The maximum absolute atomic E-state index is 13.3. The number of nitrogens with zero attached hydrogens (tertiary/aromatic N) is 3. The normalized spacial score (nSPS) is 36.3. The van der Waals surface area contributed by atoms with E-state index in [0.29, 0.717) is 18.9 Å². The van der Waals surface area contributed by atoms with E-state index in [1.165, 1.54) is 4.57 Å². The summed E-state index contributed by atoms with van der Waals surface area (Å²) in [5.74, 6) is -0.211. The van der Waals surface area contributed by atoms with Gasteiger partial charge in [0.25, 0.3) is 5.56 Å². The number of aliphatic hydroxyl groups excluding tert-OH is 4. The molecule has 0 saturated carbocycles. The van der Waals surface area contributed by atoms with Gasteiger partial charge < -0.3 is 51.2 Å². The average Bonchev–Trinajstić information content (AvgIpc) is 3.61. The van der Waals surface area contributed by atoms with E-state index in [2.05, 4.69) is 32.5 Å². The summed E-state index contributed by atoms with van der Waals surface area (Å²) in [5.41, 5.74) is 3.76. The Bertz CT molecular complexity index is 1570. The van der Waals surface area contributed by atoms with Crippen molar-refractivity contribution < 1.29 is 53.2 Å². The van der Waals surface area contributed by atoms with Gasteiger partial charge in [0.1, 0.15) is 48.2 Å². The molecule has 14 atom stereocenters. The molecule has 3 aliphatic heterocycles. The summed E-state index contributed by atoms with van der Waals surface area (Å²) in [6.45, 7) is 3.52. The lowest BCUT2D eigenvalue weighted by molar-refractivity contribution is -0.202. The minimum Gasteiger partial charge on any atom is -0.387 e. The fourth-order valence-corrected chi connectivity index (χ4v) is 8.18. The Balaban J connectivity index is 1.26. The maximum atomic E-state index is 13.3. The summed E-state index contributed by atoms with van der Waals surface area (Å²) >= 11 is 7.52. The van der Waals surface area contributed by atoms with E-state index < -0.39 is 91.8 Å². The summed E-state index contributed by atoms with van der Waals surface area (Å²) in [6.07, 6.45) is -7.19. The summed E-state index contributed by atoms with van der Waals surface area (Å²) in [4.78, 5) is 46.3. The number of rotatable bonds is 12. The number of thioether (sulfide) groups is 1. The lowest BCUT2D eigenvalue weighted by atomic mass is 9.89. The minimum atomic E-state index is -5.13. The molecule has 3 aliphatic rings. The van der Waals surface area contributed by atoms with Crippen molar-refractivity contribution in [2.75, 3.05) is 25.1 Å². The van der Waals surface area contributed by atoms with E-state index in [0.717, 1.165) is 30.9 Å². The van der Waals surface area contributed by atoms with E-state index >= 15 is 0 Å². The van der Waals surface area contributed by atoms with Gasteiger partial charge in [-0.05, 0) is 38.5 Å². The second-order valence-electron chi connectivity index (χ2n) is 12.4. The highest BCUT2D eigenvalue weighted by Gasteiger charge is 2.52. The molecule has 5 heterocycles. The van der Waals surface area contributed by atoms with Crippen LogP contribution in [0.2, 0.25) is 0 Å². The van der Waals surface area contributed by atoms with Crippen LogP contribution in [0.25, 0.3) is 11.2 Å². The second-order valence-corrected chi connectivity index (χ2v) is 15.4. The van der Waals surface area contributed by atoms with Crippen molar-refractivity contribution in [1.82, 2.24) is 30.2 Å². The number of halogens is 1. The molecule has 0 spiro atoms. The van der Waals surface area contributed by atoms with Crippen molar-refractivity contribution in [3.8, 4) is 0 Å². The molecule has 10 N–H and O–H groups in total. The van der Waals surface area contributed by atoms with Crippen molar-refractivity contribution in [3.05, 3.63) is 16.7 Å². The van der Waals surface area contributed by atoms with Crippen molar-refractivity contribution in [2.45, 2.75) is 105 Å². The first-order valence-electron chi connectivity index (χ1n) is 15.8. The molecule has 3 fully saturated rings. The summed E-state index contributed by atoms with van der Waals surface area (Å²) in [5, 5.41) is 48.9. The zero-order valence-electron chi connectivity index (χ0n) is 26.9. The number of carbonyl (C=O) groups excluding carboxylic acids is 1. The van der Waals surface area contributed by atoms with E-state index in [9.17, 15) is 39.5 Å². The molecule has 1 amide bonds. The molecule has 3 saturated heterocycles. The number of ether oxygens (including phenoxy) is 2. The number of phosphoric acid groups is 1. The third kappa shape index (κ3) is 8.27. The first-order chi connectivity index (χ1) is 23.1. The number of H-pyrrole nitrogens is 1. The SMILES string of the molecule is CCC1CCNC(C(=O)NC(C(C)Cl)C2OC(SC)C(O)C(OP(=O)(O)OCC3OC(n4cnc5c(=O)[nH]c(N)nc54)C(O)C3O)C2O)C1. The van der Waals surface area contributed by atoms with Gasteiger partial charge in [-0.25, -0.2) is 9.55 Å². The number of nitrogens with one attached hydrogen (secondary N) is 3. The molecule has 2 aromatic heterocycles. The summed E-state index contributed by atoms with van der Waals surface area (Å²) < 4.78 is 36.4. The number of carbonyl (C=O) groups is 1. The molecule has 5 rings (SSSR count). The van der Waals surface area contributed by atoms with Gasteiger partial charge in [0, 0.05) is 0 Å². The van der Waals surface area contributed by atoms with Crippen molar-refractivity contribution in [2.24, 2.45) is 5.92 Å². The average molecular weight is 756 g/mol. The first-order valence-corrected chi connectivity index (χ1v) is 19.0. The number of alkyl halides is 1. The molecule has 49 heavy (non-hydrogen) atoms. The lowest BCUT2D eigenvalue weighted by Crippen LogP contribution is -2.65. The Kier molecular flexibility index (Phi) is 12.3.